The fourth-order valence-electron chi connectivity index (χ4n) is 2.42. The summed E-state index contributed by atoms with van der Waals surface area (Å²) in [6, 6.07) is 0. The zero-order valence-corrected chi connectivity index (χ0v) is 5.56. The van der Waals surface area contributed by atoms with E-state index < -0.39 is 0 Å². The van der Waals surface area contributed by atoms with Gasteiger partial charge in [0.25, 0.3) is 0 Å². The van der Waals surface area contributed by atoms with E-state index in [-0.39, 0.29) is 0 Å². The maximum atomic E-state index is 7.00. The van der Waals surface area contributed by atoms with Crippen molar-refractivity contribution in [2.75, 3.05) is 0 Å². The summed E-state index contributed by atoms with van der Waals surface area (Å²) < 4.78 is 0. The molecule has 0 aromatic carbocycles. The van der Waals surface area contributed by atoms with Gasteiger partial charge in [-0.05, 0) is 37.5 Å². The Bertz CT molecular complexity index is 152. The zero-order valence-electron chi connectivity index (χ0n) is 5.56. The van der Waals surface area contributed by atoms with Gasteiger partial charge < -0.3 is 0 Å². The van der Waals surface area contributed by atoms with Crippen molar-refractivity contribution in [2.24, 2.45) is 17.8 Å². The molecule has 0 aliphatic heterocycles. The van der Waals surface area contributed by atoms with Crippen molar-refractivity contribution in [3.05, 3.63) is 6.42 Å². The molecule has 0 heteroatoms. The molecule has 0 N–H and O–H groups in total. The van der Waals surface area contributed by atoms with Crippen LogP contribution in [0, 0.1) is 30.1 Å². The lowest BCUT2D eigenvalue weighted by atomic mass is 9.90. The van der Waals surface area contributed by atoms with Crippen molar-refractivity contribution in [3.8, 4) is 5.92 Å². The molecule has 2 fully saturated rings. The summed E-state index contributed by atoms with van der Waals surface area (Å²) in [5.41, 5.74) is 0. The van der Waals surface area contributed by atoms with Crippen molar-refractivity contribution >= 4 is 0 Å². The van der Waals surface area contributed by atoms with Crippen LogP contribution in [0.5, 0.6) is 0 Å². The number of rotatable bonds is 0. The smallest absolute Gasteiger partial charge is 0.0244 e. The molecule has 3 unspecified atom stereocenters. The van der Waals surface area contributed by atoms with Crippen molar-refractivity contribution in [3.63, 3.8) is 0 Å². The van der Waals surface area contributed by atoms with Gasteiger partial charge in [-0.3, -0.25) is 0 Å². The van der Waals surface area contributed by atoms with Gasteiger partial charge in [0.15, 0.2) is 0 Å². The molecule has 0 spiro atoms. The Balaban J connectivity index is 2.12. The first-order chi connectivity index (χ1) is 4.40. The summed E-state index contributed by atoms with van der Waals surface area (Å²) in [7, 11) is 0. The first-order valence-corrected chi connectivity index (χ1v) is 3.82. The molecule has 0 aromatic rings. The molecule has 3 atom stereocenters. The predicted octanol–water partition coefficient (Wildman–Crippen LogP) is 2.01. The van der Waals surface area contributed by atoms with Gasteiger partial charge in [-0.15, -0.1) is 0 Å². The minimum absolute atomic E-state index is 0.545. The van der Waals surface area contributed by atoms with E-state index in [2.05, 4.69) is 5.92 Å². The summed E-state index contributed by atoms with van der Waals surface area (Å²) in [6.07, 6.45) is 12.5. The molecule has 2 aliphatic carbocycles. The first-order valence-electron chi connectivity index (χ1n) is 3.82. The maximum Gasteiger partial charge on any atom is 0.0244 e. The van der Waals surface area contributed by atoms with Gasteiger partial charge in [0.1, 0.15) is 0 Å². The van der Waals surface area contributed by atoms with E-state index in [1.54, 1.807) is 0 Å². The molecule has 2 bridgehead atoms. The largest absolute Gasteiger partial charge is 0.0854 e. The molecule has 0 saturated heterocycles. The third-order valence-electron chi connectivity index (χ3n) is 2.92. The van der Waals surface area contributed by atoms with Crippen molar-refractivity contribution in [1.82, 2.24) is 0 Å². The topological polar surface area (TPSA) is 0 Å². The predicted molar refractivity (Wildman–Crippen MR) is 36.1 cm³/mol. The zero-order chi connectivity index (χ0) is 6.27. The Hall–Kier alpha value is -0.440. The molecule has 0 aromatic heterocycles. The summed E-state index contributed by atoms with van der Waals surface area (Å²) in [6.45, 7) is 0. The molecule has 47 valence electrons. The Morgan fingerprint density at radius 3 is 2.44 bits per heavy atom. The number of hydrogen-bond donors (Lipinski definition) is 0. The van der Waals surface area contributed by atoms with E-state index in [0.717, 1.165) is 11.8 Å². The lowest BCUT2D eigenvalue weighted by Gasteiger charge is -2.14. The van der Waals surface area contributed by atoms with Gasteiger partial charge in [-0.1, -0.05) is 12.3 Å². The Labute approximate surface area is 56.6 Å². The van der Waals surface area contributed by atoms with Crippen LogP contribution in [0.4, 0.5) is 0 Å². The van der Waals surface area contributed by atoms with Gasteiger partial charge in [-0.25, -0.2) is 0 Å². The average molecular weight is 119 g/mol. The van der Waals surface area contributed by atoms with Crippen LogP contribution in [-0.2, 0) is 0 Å². The summed E-state index contributed by atoms with van der Waals surface area (Å²) in [4.78, 5) is 0. The minimum Gasteiger partial charge on any atom is -0.0854 e. The average Bonchev–Trinajstić information content (AvgIpc) is 2.45. The second-order valence-electron chi connectivity index (χ2n) is 3.43. The summed E-state index contributed by atoms with van der Waals surface area (Å²) >= 11 is 0. The van der Waals surface area contributed by atoms with E-state index in [1.807, 2.05) is 0 Å². The number of hydrogen-bond acceptors (Lipinski definition) is 0. The summed E-state index contributed by atoms with van der Waals surface area (Å²) in [5.74, 6) is 5.01. The Kier molecular flexibility index (Phi) is 1.05. The molecule has 0 nitrogen and oxygen atoms in total. The van der Waals surface area contributed by atoms with E-state index in [9.17, 15) is 0 Å². The Morgan fingerprint density at radius 1 is 1.22 bits per heavy atom. The Morgan fingerprint density at radius 2 is 2.11 bits per heavy atom. The van der Waals surface area contributed by atoms with Crippen molar-refractivity contribution in [1.29, 1.82) is 0 Å². The highest BCUT2D eigenvalue weighted by Crippen LogP contribution is 2.47. The van der Waals surface area contributed by atoms with Crippen LogP contribution in [0.15, 0.2) is 0 Å². The highest BCUT2D eigenvalue weighted by atomic mass is 14.4. The fourth-order valence-corrected chi connectivity index (χ4v) is 2.42. The second-order valence-corrected chi connectivity index (χ2v) is 3.43. The molecule has 0 heterocycles. The first kappa shape index (κ1) is 5.35. The molecular formula is C9H11. The summed E-state index contributed by atoms with van der Waals surface area (Å²) in [5, 5.41) is 0. The van der Waals surface area contributed by atoms with Crippen LogP contribution >= 0.6 is 0 Å². The van der Waals surface area contributed by atoms with Crippen LogP contribution in [0.25, 0.3) is 0 Å². The van der Waals surface area contributed by atoms with E-state index in [0.29, 0.717) is 5.92 Å². The van der Waals surface area contributed by atoms with Crippen LogP contribution in [0.1, 0.15) is 25.7 Å². The number of fused-ring (bicyclic) bond motifs is 2. The third kappa shape index (κ3) is 0.678. The molecule has 1 radical (unpaired) electrons. The molecule has 2 aliphatic rings. The van der Waals surface area contributed by atoms with Gasteiger partial charge in [-0.2, -0.15) is 0 Å². The van der Waals surface area contributed by atoms with Crippen LogP contribution < -0.4 is 0 Å². The SMILES string of the molecule is [C]#CC1CC2CCC1C2. The van der Waals surface area contributed by atoms with E-state index >= 15 is 0 Å². The van der Waals surface area contributed by atoms with Gasteiger partial charge in [0.2, 0.25) is 0 Å². The van der Waals surface area contributed by atoms with Crippen molar-refractivity contribution in [2.45, 2.75) is 25.7 Å². The molecule has 2 rings (SSSR count). The lowest BCUT2D eigenvalue weighted by molar-refractivity contribution is 0.405. The van der Waals surface area contributed by atoms with Crippen molar-refractivity contribution < 1.29 is 0 Å². The monoisotopic (exact) mass is 119 g/mol. The van der Waals surface area contributed by atoms with Crippen LogP contribution in [-0.4, -0.2) is 0 Å². The molecular weight excluding hydrogens is 108 g/mol. The lowest BCUT2D eigenvalue weighted by Crippen LogP contribution is -2.06. The van der Waals surface area contributed by atoms with Crippen LogP contribution in [0.2, 0.25) is 0 Å². The second kappa shape index (κ2) is 1.77. The molecule has 9 heavy (non-hydrogen) atoms. The quantitative estimate of drug-likeness (QED) is 0.428. The van der Waals surface area contributed by atoms with Gasteiger partial charge in [0.05, 0.1) is 0 Å². The van der Waals surface area contributed by atoms with E-state index in [1.165, 1.54) is 25.7 Å². The highest BCUT2D eigenvalue weighted by Gasteiger charge is 2.38. The standard InChI is InChI=1S/C9H11/c1-2-8-5-7-3-4-9(8)6-7/h7-9H,3-6H2. The fraction of sp³-hybridized carbons (Fsp3) is 0.778. The minimum atomic E-state index is 0.545. The van der Waals surface area contributed by atoms with Gasteiger partial charge >= 0.3 is 0 Å². The van der Waals surface area contributed by atoms with Crippen LogP contribution in [0.3, 0.4) is 0 Å². The normalized spacial score (nSPS) is 47.2. The maximum absolute atomic E-state index is 7.00. The van der Waals surface area contributed by atoms with E-state index in [4.69, 9.17) is 6.42 Å². The van der Waals surface area contributed by atoms with Gasteiger partial charge in [0, 0.05) is 5.92 Å². The highest BCUT2D eigenvalue weighted by molar-refractivity contribution is 5.01. The molecule has 0 amide bonds. The third-order valence-corrected chi connectivity index (χ3v) is 2.92. The molecule has 2 saturated carbocycles.